The van der Waals surface area contributed by atoms with Gasteiger partial charge in [0.25, 0.3) is 0 Å². The molecule has 0 N–H and O–H groups in total. The summed E-state index contributed by atoms with van der Waals surface area (Å²) in [6, 6.07) is 5.02. The highest BCUT2D eigenvalue weighted by Gasteiger charge is 2.21. The fraction of sp³-hybridized carbons (Fsp3) is 0.417. The van der Waals surface area contributed by atoms with Crippen LogP contribution in [0.2, 0.25) is 10.0 Å². The maximum atomic E-state index is 11.6. The minimum atomic E-state index is -0.688. The summed E-state index contributed by atoms with van der Waals surface area (Å²) in [6.45, 7) is 3.88. The number of carbonyl (C=O) groups is 1. The van der Waals surface area contributed by atoms with E-state index in [0.29, 0.717) is 28.8 Å². The molecule has 0 heterocycles. The van der Waals surface area contributed by atoms with Gasteiger partial charge in [0.05, 0.1) is 16.7 Å². The van der Waals surface area contributed by atoms with Crippen LogP contribution in [-0.4, -0.2) is 18.7 Å². The van der Waals surface area contributed by atoms with Gasteiger partial charge in [0.15, 0.2) is 11.9 Å². The number of hydrogen-bond acceptors (Lipinski definition) is 3. The molecule has 0 spiro atoms. The average molecular weight is 277 g/mol. The average Bonchev–Trinajstić information content (AvgIpc) is 2.29. The van der Waals surface area contributed by atoms with Crippen molar-refractivity contribution in [3.63, 3.8) is 0 Å². The fourth-order valence-corrected chi connectivity index (χ4v) is 1.76. The maximum Gasteiger partial charge on any atom is 0.347 e. The van der Waals surface area contributed by atoms with Crippen LogP contribution in [0.3, 0.4) is 0 Å². The highest BCUT2D eigenvalue weighted by atomic mass is 35.5. The lowest BCUT2D eigenvalue weighted by Crippen LogP contribution is -2.28. The summed E-state index contributed by atoms with van der Waals surface area (Å²) in [5, 5.41) is 0.750. The van der Waals surface area contributed by atoms with Crippen molar-refractivity contribution >= 4 is 29.2 Å². The summed E-state index contributed by atoms with van der Waals surface area (Å²) in [4.78, 5) is 11.6. The van der Waals surface area contributed by atoms with Crippen LogP contribution in [0.15, 0.2) is 18.2 Å². The molecule has 1 aromatic carbocycles. The lowest BCUT2D eigenvalue weighted by molar-refractivity contribution is -0.151. The predicted octanol–water partition coefficient (Wildman–Crippen LogP) is 3.71. The molecular weight excluding hydrogens is 263 g/mol. The molecule has 0 saturated heterocycles. The molecule has 17 heavy (non-hydrogen) atoms. The van der Waals surface area contributed by atoms with Gasteiger partial charge in [-0.05, 0) is 25.5 Å². The molecule has 0 aliphatic carbocycles. The minimum Gasteiger partial charge on any atom is -0.476 e. The van der Waals surface area contributed by atoms with Gasteiger partial charge in [-0.3, -0.25) is 0 Å². The molecule has 0 saturated carbocycles. The van der Waals surface area contributed by atoms with Crippen molar-refractivity contribution in [3.05, 3.63) is 28.2 Å². The Bertz CT molecular complexity index is 373. The largest absolute Gasteiger partial charge is 0.476 e. The molecular formula is C12H14Cl2O3. The monoisotopic (exact) mass is 276 g/mol. The van der Waals surface area contributed by atoms with Crippen LogP contribution < -0.4 is 4.74 Å². The molecule has 0 unspecified atom stereocenters. The molecule has 0 fully saturated rings. The van der Waals surface area contributed by atoms with Crippen LogP contribution in [0, 0.1) is 0 Å². The summed E-state index contributed by atoms with van der Waals surface area (Å²) in [5.41, 5.74) is 0. The second-order valence-corrected chi connectivity index (χ2v) is 4.13. The van der Waals surface area contributed by atoms with Gasteiger partial charge in [-0.1, -0.05) is 36.2 Å². The van der Waals surface area contributed by atoms with Gasteiger partial charge in [0.1, 0.15) is 0 Å². The zero-order chi connectivity index (χ0) is 12.8. The summed E-state index contributed by atoms with van der Waals surface area (Å²) >= 11 is 11.9. The van der Waals surface area contributed by atoms with Crippen molar-refractivity contribution in [1.29, 1.82) is 0 Å². The van der Waals surface area contributed by atoms with Crippen molar-refractivity contribution < 1.29 is 14.3 Å². The van der Waals surface area contributed by atoms with Gasteiger partial charge < -0.3 is 9.47 Å². The first-order chi connectivity index (χ1) is 8.10. The van der Waals surface area contributed by atoms with E-state index in [1.165, 1.54) is 0 Å². The Morgan fingerprint density at radius 1 is 1.29 bits per heavy atom. The number of rotatable bonds is 5. The van der Waals surface area contributed by atoms with Gasteiger partial charge >= 0.3 is 5.97 Å². The molecule has 3 nitrogen and oxygen atoms in total. The van der Waals surface area contributed by atoms with E-state index in [9.17, 15) is 4.79 Å². The highest BCUT2D eigenvalue weighted by molar-refractivity contribution is 6.37. The van der Waals surface area contributed by atoms with Crippen molar-refractivity contribution in [1.82, 2.24) is 0 Å². The zero-order valence-corrected chi connectivity index (χ0v) is 11.2. The lowest BCUT2D eigenvalue weighted by atomic mass is 10.2. The standard InChI is InChI=1S/C12H14Cl2O3/c1-3-10(12(15)16-4-2)17-11-8(13)6-5-7-9(11)14/h5-7,10H,3-4H2,1-2H3/t10-/m0/s1. The predicted molar refractivity (Wildman–Crippen MR) is 67.8 cm³/mol. The Hall–Kier alpha value is -0.930. The van der Waals surface area contributed by atoms with Crippen LogP contribution in [0.1, 0.15) is 20.3 Å². The van der Waals surface area contributed by atoms with Crippen LogP contribution in [-0.2, 0) is 9.53 Å². The maximum absolute atomic E-state index is 11.6. The highest BCUT2D eigenvalue weighted by Crippen LogP contribution is 2.33. The third-order valence-electron chi connectivity index (χ3n) is 2.10. The van der Waals surface area contributed by atoms with Crippen LogP contribution in [0.25, 0.3) is 0 Å². The fourth-order valence-electron chi connectivity index (χ4n) is 1.27. The molecule has 1 rings (SSSR count). The summed E-state index contributed by atoms with van der Waals surface area (Å²) in [7, 11) is 0. The van der Waals surface area contributed by atoms with Crippen LogP contribution >= 0.6 is 23.2 Å². The summed E-state index contributed by atoms with van der Waals surface area (Å²) < 4.78 is 10.4. The smallest absolute Gasteiger partial charge is 0.347 e. The SMILES string of the molecule is CCOC(=O)[C@H](CC)Oc1c(Cl)cccc1Cl. The minimum absolute atomic E-state index is 0.314. The van der Waals surface area contributed by atoms with Gasteiger partial charge in [-0.25, -0.2) is 4.79 Å². The number of benzene rings is 1. The quantitative estimate of drug-likeness (QED) is 0.769. The van der Waals surface area contributed by atoms with E-state index in [0.717, 1.165) is 0 Å². The van der Waals surface area contributed by atoms with Gasteiger partial charge in [-0.15, -0.1) is 0 Å². The molecule has 1 aromatic rings. The Kier molecular flexibility index (Phi) is 5.59. The van der Waals surface area contributed by atoms with Gasteiger partial charge in [-0.2, -0.15) is 0 Å². The van der Waals surface area contributed by atoms with E-state index >= 15 is 0 Å². The second kappa shape index (κ2) is 6.72. The number of halogens is 2. The van der Waals surface area contributed by atoms with Crippen LogP contribution in [0.5, 0.6) is 5.75 Å². The Morgan fingerprint density at radius 2 is 1.88 bits per heavy atom. The second-order valence-electron chi connectivity index (χ2n) is 3.32. The molecule has 0 aliphatic rings. The van der Waals surface area contributed by atoms with Gasteiger partial charge in [0, 0.05) is 0 Å². The Balaban J connectivity index is 2.84. The zero-order valence-electron chi connectivity index (χ0n) is 9.70. The summed E-state index contributed by atoms with van der Waals surface area (Å²) in [5.74, 6) is -0.0956. The summed E-state index contributed by atoms with van der Waals surface area (Å²) in [6.07, 6.45) is -0.201. The normalized spacial score (nSPS) is 12.0. The van der Waals surface area contributed by atoms with Crippen molar-refractivity contribution in [2.45, 2.75) is 26.4 Å². The topological polar surface area (TPSA) is 35.5 Å². The first kappa shape index (κ1) is 14.1. The number of para-hydroxylation sites is 1. The van der Waals surface area contributed by atoms with E-state index in [-0.39, 0.29) is 0 Å². The molecule has 0 aliphatic heterocycles. The van der Waals surface area contributed by atoms with E-state index in [1.807, 2.05) is 6.92 Å². The van der Waals surface area contributed by atoms with Crippen molar-refractivity contribution in [2.75, 3.05) is 6.61 Å². The third-order valence-corrected chi connectivity index (χ3v) is 2.69. The number of ether oxygens (including phenoxy) is 2. The van der Waals surface area contributed by atoms with E-state index < -0.39 is 12.1 Å². The number of esters is 1. The molecule has 0 bridgehead atoms. The Morgan fingerprint density at radius 3 is 2.35 bits per heavy atom. The first-order valence-electron chi connectivity index (χ1n) is 5.37. The number of carbonyl (C=O) groups excluding carboxylic acids is 1. The molecule has 0 aromatic heterocycles. The van der Waals surface area contributed by atoms with E-state index in [4.69, 9.17) is 32.7 Å². The molecule has 0 amide bonds. The molecule has 0 radical (unpaired) electrons. The van der Waals surface area contributed by atoms with Crippen molar-refractivity contribution in [2.24, 2.45) is 0 Å². The first-order valence-corrected chi connectivity index (χ1v) is 6.13. The molecule has 5 heteroatoms. The van der Waals surface area contributed by atoms with E-state index in [1.54, 1.807) is 25.1 Å². The number of hydrogen-bond donors (Lipinski definition) is 0. The molecule has 94 valence electrons. The van der Waals surface area contributed by atoms with Crippen molar-refractivity contribution in [3.8, 4) is 5.75 Å². The van der Waals surface area contributed by atoms with Gasteiger partial charge in [0.2, 0.25) is 0 Å². The third kappa shape index (κ3) is 3.79. The Labute approximate surface area is 111 Å². The molecule has 1 atom stereocenters. The lowest BCUT2D eigenvalue weighted by Gasteiger charge is -2.17. The van der Waals surface area contributed by atoms with E-state index in [2.05, 4.69) is 0 Å². The van der Waals surface area contributed by atoms with Crippen LogP contribution in [0.4, 0.5) is 0 Å².